The zero-order chi connectivity index (χ0) is 13.1. The molecule has 92 valence electrons. The number of nitrogens with one attached hydrogen (secondary N) is 1. The Balaban J connectivity index is 2.23. The van der Waals surface area contributed by atoms with Crippen LogP contribution in [0.25, 0.3) is 0 Å². The molecule has 0 saturated heterocycles. The number of anilines is 1. The molecule has 0 aliphatic rings. The predicted molar refractivity (Wildman–Crippen MR) is 72.6 cm³/mol. The molecular formula is C13H14N4S. The van der Waals surface area contributed by atoms with Crippen molar-refractivity contribution in [3.63, 3.8) is 0 Å². The third kappa shape index (κ3) is 2.34. The highest BCUT2D eigenvalue weighted by atomic mass is 32.1. The highest BCUT2D eigenvalue weighted by Gasteiger charge is 2.10. The Bertz CT molecular complexity index is 610. The van der Waals surface area contributed by atoms with Gasteiger partial charge in [0.05, 0.1) is 12.2 Å². The summed E-state index contributed by atoms with van der Waals surface area (Å²) in [5, 5.41) is 22.5. The summed E-state index contributed by atoms with van der Waals surface area (Å²) in [6.07, 6.45) is 0. The summed E-state index contributed by atoms with van der Waals surface area (Å²) in [5.41, 5.74) is 3.52. The van der Waals surface area contributed by atoms with Crippen LogP contribution in [0, 0.1) is 32.1 Å². The Morgan fingerprint density at radius 2 is 2.11 bits per heavy atom. The van der Waals surface area contributed by atoms with Gasteiger partial charge in [-0.1, -0.05) is 0 Å². The summed E-state index contributed by atoms with van der Waals surface area (Å²) in [6.45, 7) is 6.50. The molecule has 2 heterocycles. The van der Waals surface area contributed by atoms with Crippen molar-refractivity contribution in [2.24, 2.45) is 0 Å². The quantitative estimate of drug-likeness (QED) is 0.919. The van der Waals surface area contributed by atoms with Gasteiger partial charge in [-0.2, -0.15) is 10.4 Å². The Hall–Kier alpha value is -1.93. The van der Waals surface area contributed by atoms with E-state index in [4.69, 9.17) is 0 Å². The van der Waals surface area contributed by atoms with Crippen molar-refractivity contribution in [1.82, 2.24) is 10.2 Å². The molecule has 2 aromatic heterocycles. The van der Waals surface area contributed by atoms with Crippen LogP contribution in [0.2, 0.25) is 0 Å². The number of hydrogen-bond donors (Lipinski definition) is 1. The zero-order valence-electron chi connectivity index (χ0n) is 10.6. The van der Waals surface area contributed by atoms with Crippen LogP contribution in [0.5, 0.6) is 0 Å². The number of thiophene rings is 1. The lowest BCUT2D eigenvalue weighted by atomic mass is 10.1. The lowest BCUT2D eigenvalue weighted by Gasteiger charge is -2.09. The van der Waals surface area contributed by atoms with Gasteiger partial charge in [-0.3, -0.25) is 0 Å². The van der Waals surface area contributed by atoms with Gasteiger partial charge in [-0.05, 0) is 43.3 Å². The van der Waals surface area contributed by atoms with E-state index in [1.54, 1.807) is 11.3 Å². The molecule has 0 unspecified atom stereocenters. The Morgan fingerprint density at radius 1 is 1.33 bits per heavy atom. The van der Waals surface area contributed by atoms with Crippen LogP contribution in [-0.4, -0.2) is 10.2 Å². The van der Waals surface area contributed by atoms with Crippen molar-refractivity contribution in [3.8, 4) is 6.07 Å². The van der Waals surface area contributed by atoms with E-state index in [1.807, 2.05) is 13.8 Å². The average Bonchev–Trinajstić information content (AvgIpc) is 2.76. The second-order valence-electron chi connectivity index (χ2n) is 4.13. The fraction of sp³-hybridized carbons (Fsp3) is 0.308. The normalized spacial score (nSPS) is 10.1. The maximum absolute atomic E-state index is 9.18. The molecule has 2 aromatic rings. The standard InChI is InChI=1S/C13H14N4S/c1-8-4-5-18-12(8)7-15-13-11(6-14)9(2)10(3)16-17-13/h4-5H,7H2,1-3H3,(H,15,17). The van der Waals surface area contributed by atoms with E-state index in [9.17, 15) is 5.26 Å². The minimum absolute atomic E-state index is 0.563. The molecule has 0 spiro atoms. The van der Waals surface area contributed by atoms with Crippen LogP contribution < -0.4 is 5.32 Å². The summed E-state index contributed by atoms with van der Waals surface area (Å²) in [4.78, 5) is 1.25. The van der Waals surface area contributed by atoms with Gasteiger partial charge < -0.3 is 5.32 Å². The first-order valence-corrected chi connectivity index (χ1v) is 6.52. The first-order chi connectivity index (χ1) is 8.63. The van der Waals surface area contributed by atoms with Gasteiger partial charge in [0.1, 0.15) is 11.6 Å². The average molecular weight is 258 g/mol. The number of nitriles is 1. The molecule has 0 fully saturated rings. The maximum atomic E-state index is 9.18. The van der Waals surface area contributed by atoms with E-state index in [1.165, 1.54) is 10.4 Å². The Morgan fingerprint density at radius 3 is 2.72 bits per heavy atom. The van der Waals surface area contributed by atoms with Crippen LogP contribution in [0.3, 0.4) is 0 Å². The van der Waals surface area contributed by atoms with Gasteiger partial charge in [0.2, 0.25) is 0 Å². The first-order valence-electron chi connectivity index (χ1n) is 5.64. The summed E-state index contributed by atoms with van der Waals surface area (Å²) < 4.78 is 0. The second kappa shape index (κ2) is 5.15. The van der Waals surface area contributed by atoms with Crippen LogP contribution in [-0.2, 0) is 6.54 Å². The topological polar surface area (TPSA) is 61.6 Å². The third-order valence-electron chi connectivity index (χ3n) is 2.95. The van der Waals surface area contributed by atoms with Crippen molar-refractivity contribution in [3.05, 3.63) is 38.7 Å². The predicted octanol–water partition coefficient (Wildman–Crippen LogP) is 2.95. The molecule has 0 atom stereocenters. The van der Waals surface area contributed by atoms with Crippen LogP contribution in [0.1, 0.15) is 27.3 Å². The van der Waals surface area contributed by atoms with E-state index >= 15 is 0 Å². The van der Waals surface area contributed by atoms with Gasteiger partial charge in [-0.15, -0.1) is 16.4 Å². The lowest BCUT2D eigenvalue weighted by molar-refractivity contribution is 0.942. The first kappa shape index (κ1) is 12.5. The molecule has 0 aliphatic heterocycles. The number of hydrogen-bond acceptors (Lipinski definition) is 5. The molecular weight excluding hydrogens is 244 g/mol. The van der Waals surface area contributed by atoms with Crippen molar-refractivity contribution in [1.29, 1.82) is 5.26 Å². The molecule has 18 heavy (non-hydrogen) atoms. The lowest BCUT2D eigenvalue weighted by Crippen LogP contribution is -2.07. The number of aryl methyl sites for hydroxylation is 2. The molecule has 0 aromatic carbocycles. The zero-order valence-corrected chi connectivity index (χ0v) is 11.4. The summed E-state index contributed by atoms with van der Waals surface area (Å²) in [7, 11) is 0. The second-order valence-corrected chi connectivity index (χ2v) is 5.13. The van der Waals surface area contributed by atoms with Gasteiger partial charge in [0, 0.05) is 4.88 Å². The minimum atomic E-state index is 0.563. The van der Waals surface area contributed by atoms with Crippen LogP contribution in [0.15, 0.2) is 11.4 Å². The molecule has 4 nitrogen and oxygen atoms in total. The van der Waals surface area contributed by atoms with Gasteiger partial charge >= 0.3 is 0 Å². The molecule has 5 heteroatoms. The highest BCUT2D eigenvalue weighted by molar-refractivity contribution is 7.10. The van der Waals surface area contributed by atoms with Gasteiger partial charge in [-0.25, -0.2) is 0 Å². The molecule has 0 aliphatic carbocycles. The largest absolute Gasteiger partial charge is 0.363 e. The molecule has 0 amide bonds. The van der Waals surface area contributed by atoms with Crippen molar-refractivity contribution in [2.45, 2.75) is 27.3 Å². The minimum Gasteiger partial charge on any atom is -0.363 e. The number of nitrogens with zero attached hydrogens (tertiary/aromatic N) is 3. The maximum Gasteiger partial charge on any atom is 0.167 e. The van der Waals surface area contributed by atoms with Crippen molar-refractivity contribution < 1.29 is 0 Å². The van der Waals surface area contributed by atoms with E-state index in [0.717, 1.165) is 11.3 Å². The molecule has 2 rings (SSSR count). The van der Waals surface area contributed by atoms with E-state index in [2.05, 4.69) is 40.0 Å². The van der Waals surface area contributed by atoms with Crippen LogP contribution in [0.4, 0.5) is 5.82 Å². The SMILES string of the molecule is Cc1ccsc1CNc1nnc(C)c(C)c1C#N. The summed E-state index contributed by atoms with van der Waals surface area (Å²) in [6, 6.07) is 4.27. The van der Waals surface area contributed by atoms with Crippen molar-refractivity contribution >= 4 is 17.2 Å². The molecule has 1 N–H and O–H groups in total. The summed E-state index contributed by atoms with van der Waals surface area (Å²) in [5.74, 6) is 0.563. The van der Waals surface area contributed by atoms with E-state index in [0.29, 0.717) is 17.9 Å². The fourth-order valence-corrected chi connectivity index (χ4v) is 2.46. The molecule has 0 saturated carbocycles. The van der Waals surface area contributed by atoms with Crippen molar-refractivity contribution in [2.75, 3.05) is 5.32 Å². The Labute approximate surface area is 110 Å². The molecule has 0 radical (unpaired) electrons. The van der Waals surface area contributed by atoms with E-state index in [-0.39, 0.29) is 0 Å². The third-order valence-corrected chi connectivity index (χ3v) is 3.97. The van der Waals surface area contributed by atoms with Gasteiger partial charge in [0.15, 0.2) is 5.82 Å². The number of rotatable bonds is 3. The monoisotopic (exact) mass is 258 g/mol. The van der Waals surface area contributed by atoms with Crippen LogP contribution >= 0.6 is 11.3 Å². The Kier molecular flexibility index (Phi) is 3.58. The highest BCUT2D eigenvalue weighted by Crippen LogP contribution is 2.20. The summed E-state index contributed by atoms with van der Waals surface area (Å²) >= 11 is 1.70. The smallest absolute Gasteiger partial charge is 0.167 e. The molecule has 0 bridgehead atoms. The fourth-order valence-electron chi connectivity index (χ4n) is 1.62. The van der Waals surface area contributed by atoms with Gasteiger partial charge in [0.25, 0.3) is 0 Å². The number of aromatic nitrogens is 2. The van der Waals surface area contributed by atoms with E-state index < -0.39 is 0 Å².